The van der Waals surface area contributed by atoms with Gasteiger partial charge < -0.3 is 4.74 Å². The van der Waals surface area contributed by atoms with Crippen LogP contribution >= 0.6 is 0 Å². The second-order valence-electron chi connectivity index (χ2n) is 12.3. The van der Waals surface area contributed by atoms with Crippen molar-refractivity contribution in [2.75, 3.05) is 0 Å². The molecule has 2 saturated carbocycles. The third kappa shape index (κ3) is 4.83. The molecule has 2 fully saturated rings. The molecule has 208 valence electrons. The van der Waals surface area contributed by atoms with E-state index in [1.165, 1.54) is 4.31 Å². The Hall–Kier alpha value is -2.93. The van der Waals surface area contributed by atoms with E-state index in [1.54, 1.807) is 45.0 Å². The molecule has 0 saturated heterocycles. The third-order valence-electron chi connectivity index (χ3n) is 8.44. The molecule has 2 atom stereocenters. The second-order valence-corrected chi connectivity index (χ2v) is 14.1. The van der Waals surface area contributed by atoms with Gasteiger partial charge in [0.1, 0.15) is 5.60 Å². The maximum absolute atomic E-state index is 14.5. The van der Waals surface area contributed by atoms with Crippen LogP contribution in [-0.2, 0) is 30.9 Å². The lowest BCUT2D eigenvalue weighted by molar-refractivity contribution is -0.171. The number of carbonyl (C=O) groups is 2. The van der Waals surface area contributed by atoms with E-state index in [-0.39, 0.29) is 35.5 Å². The molecule has 2 aromatic rings. The number of Topliss-reactive ketones (excluding diaryl/α,β-unsaturated/α-hetero) is 1. The molecule has 0 amide bonds. The van der Waals surface area contributed by atoms with Crippen LogP contribution < -0.4 is 0 Å². The quantitative estimate of drug-likeness (QED) is 0.297. The van der Waals surface area contributed by atoms with Crippen LogP contribution in [0.2, 0.25) is 0 Å². The number of ether oxygens (including phenoxy) is 1. The molecule has 7 heteroatoms. The fourth-order valence-electron chi connectivity index (χ4n) is 6.70. The molecule has 0 bridgehead atoms. The summed E-state index contributed by atoms with van der Waals surface area (Å²) in [6, 6.07) is 16.2. The van der Waals surface area contributed by atoms with Crippen molar-refractivity contribution in [2.24, 2.45) is 17.3 Å². The van der Waals surface area contributed by atoms with Crippen LogP contribution in [0.5, 0.6) is 0 Å². The Morgan fingerprint density at radius 2 is 1.62 bits per heavy atom. The average Bonchev–Trinajstić information content (AvgIpc) is 3.16. The Kier molecular flexibility index (Phi) is 7.25. The number of nitrogens with zero attached hydrogens (tertiary/aromatic N) is 1. The van der Waals surface area contributed by atoms with Crippen LogP contribution in [0.15, 0.2) is 70.8 Å². The topological polar surface area (TPSA) is 80.8 Å². The van der Waals surface area contributed by atoms with E-state index in [1.807, 2.05) is 37.3 Å². The number of benzene rings is 2. The van der Waals surface area contributed by atoms with Gasteiger partial charge in [-0.05, 0) is 76.1 Å². The zero-order chi connectivity index (χ0) is 28.0. The first-order valence-corrected chi connectivity index (χ1v) is 15.5. The predicted octanol–water partition coefficient (Wildman–Crippen LogP) is 6.34. The van der Waals surface area contributed by atoms with Crippen LogP contribution in [0.25, 0.3) is 0 Å². The lowest BCUT2D eigenvalue weighted by Crippen LogP contribution is -2.59. The van der Waals surface area contributed by atoms with E-state index in [0.717, 1.165) is 48.8 Å². The zero-order valence-electron chi connectivity index (χ0n) is 23.4. The van der Waals surface area contributed by atoms with Crippen molar-refractivity contribution in [2.45, 2.75) is 89.7 Å². The van der Waals surface area contributed by atoms with Crippen molar-refractivity contribution >= 4 is 21.8 Å². The molecule has 5 rings (SSSR count). The summed E-state index contributed by atoms with van der Waals surface area (Å²) in [7, 11) is -4.11. The van der Waals surface area contributed by atoms with Crippen molar-refractivity contribution in [3.05, 3.63) is 77.0 Å². The molecule has 0 heterocycles. The number of sulfonamides is 1. The van der Waals surface area contributed by atoms with Gasteiger partial charge in [0.2, 0.25) is 0 Å². The van der Waals surface area contributed by atoms with Crippen molar-refractivity contribution in [3.63, 3.8) is 0 Å². The zero-order valence-corrected chi connectivity index (χ0v) is 24.2. The van der Waals surface area contributed by atoms with Gasteiger partial charge in [0.25, 0.3) is 10.0 Å². The van der Waals surface area contributed by atoms with E-state index in [0.29, 0.717) is 12.1 Å². The van der Waals surface area contributed by atoms with Gasteiger partial charge in [-0.15, -0.1) is 0 Å². The third-order valence-corrected chi connectivity index (χ3v) is 10.2. The Balaban J connectivity index is 1.74. The smallest absolute Gasteiger partial charge is 0.326 e. The van der Waals surface area contributed by atoms with Gasteiger partial charge in [-0.3, -0.25) is 13.9 Å². The number of hydrogen-bond donors (Lipinski definition) is 0. The number of fused-ring (bicyclic) bond motifs is 1. The van der Waals surface area contributed by atoms with E-state index >= 15 is 0 Å². The standard InChI is InChI=1S/C32H39NO5S/c1-22-15-17-25(18-16-22)39(36,37)33(21-23-11-7-5-8-12-23)29-28(24-13-9-6-10-14-24)26-19-20-27(34)32(26,29)30(35)38-31(2,3)4/h5,7-8,11-12,15-18,24,26H,6,9-10,13-14,19-21H2,1-4H3/t26?,32-/m0/s1. The number of aryl methyl sites for hydroxylation is 1. The first kappa shape index (κ1) is 27.6. The summed E-state index contributed by atoms with van der Waals surface area (Å²) in [4.78, 5) is 28.0. The van der Waals surface area contributed by atoms with E-state index in [9.17, 15) is 18.0 Å². The first-order valence-electron chi connectivity index (χ1n) is 14.1. The molecule has 0 aromatic heterocycles. The van der Waals surface area contributed by atoms with Crippen molar-refractivity contribution < 1.29 is 22.7 Å². The Bertz CT molecular complexity index is 1380. The lowest BCUT2D eigenvalue weighted by Gasteiger charge is -2.52. The maximum Gasteiger partial charge on any atom is 0.326 e. The Labute approximate surface area is 232 Å². The van der Waals surface area contributed by atoms with Crippen molar-refractivity contribution in [1.29, 1.82) is 0 Å². The molecule has 3 aliphatic carbocycles. The Morgan fingerprint density at radius 1 is 0.974 bits per heavy atom. The van der Waals surface area contributed by atoms with Gasteiger partial charge in [0.15, 0.2) is 11.2 Å². The normalized spacial score (nSPS) is 23.8. The van der Waals surface area contributed by atoms with Crippen LogP contribution in [-0.4, -0.2) is 30.1 Å². The summed E-state index contributed by atoms with van der Waals surface area (Å²) < 4.78 is 36.2. The van der Waals surface area contributed by atoms with E-state index in [2.05, 4.69) is 0 Å². The minimum absolute atomic E-state index is 0.0349. The molecule has 1 unspecified atom stereocenters. The number of ketones is 1. The number of hydrogen-bond acceptors (Lipinski definition) is 5. The molecule has 2 aromatic carbocycles. The maximum atomic E-state index is 14.5. The molecule has 3 aliphatic rings. The largest absolute Gasteiger partial charge is 0.459 e. The molecule has 0 radical (unpaired) electrons. The van der Waals surface area contributed by atoms with Gasteiger partial charge in [-0.25, -0.2) is 8.42 Å². The SMILES string of the molecule is Cc1ccc(S(=O)(=O)N(Cc2ccccc2)C2=C(C3CCCCC3)C3CCC(=O)[C@]23C(=O)OC(C)(C)C)cc1. The number of carbonyl (C=O) groups excluding carboxylic acids is 2. The second kappa shape index (κ2) is 10.2. The highest BCUT2D eigenvalue weighted by atomic mass is 32.2. The molecule has 6 nitrogen and oxygen atoms in total. The summed E-state index contributed by atoms with van der Waals surface area (Å²) in [5.74, 6) is -1.00. The fourth-order valence-corrected chi connectivity index (χ4v) is 8.24. The summed E-state index contributed by atoms with van der Waals surface area (Å²) in [6.45, 7) is 7.29. The highest BCUT2D eigenvalue weighted by Crippen LogP contribution is 2.65. The summed E-state index contributed by atoms with van der Waals surface area (Å²) in [6.07, 6.45) is 5.95. The Morgan fingerprint density at radius 3 is 2.23 bits per heavy atom. The highest BCUT2D eigenvalue weighted by Gasteiger charge is 2.70. The van der Waals surface area contributed by atoms with E-state index < -0.39 is 27.0 Å². The first-order chi connectivity index (χ1) is 18.5. The summed E-state index contributed by atoms with van der Waals surface area (Å²) in [5.41, 5.74) is 0.679. The highest BCUT2D eigenvalue weighted by molar-refractivity contribution is 7.89. The minimum Gasteiger partial charge on any atom is -0.459 e. The fraction of sp³-hybridized carbons (Fsp3) is 0.500. The number of rotatable bonds is 7. The number of esters is 1. The van der Waals surface area contributed by atoms with Crippen molar-refractivity contribution in [1.82, 2.24) is 4.31 Å². The molecule has 0 spiro atoms. The predicted molar refractivity (Wildman–Crippen MR) is 150 cm³/mol. The summed E-state index contributed by atoms with van der Waals surface area (Å²) >= 11 is 0. The van der Waals surface area contributed by atoms with Crippen molar-refractivity contribution in [3.8, 4) is 0 Å². The molecular formula is C32H39NO5S. The van der Waals surface area contributed by atoms with Crippen LogP contribution in [0.4, 0.5) is 0 Å². The van der Waals surface area contributed by atoms with Gasteiger partial charge >= 0.3 is 5.97 Å². The van der Waals surface area contributed by atoms with Gasteiger partial charge in [0.05, 0.1) is 17.1 Å². The van der Waals surface area contributed by atoms with Gasteiger partial charge in [-0.2, -0.15) is 0 Å². The molecule has 39 heavy (non-hydrogen) atoms. The average molecular weight is 550 g/mol. The molecule has 0 N–H and O–H groups in total. The lowest BCUT2D eigenvalue weighted by atomic mass is 9.55. The van der Waals surface area contributed by atoms with Gasteiger partial charge in [-0.1, -0.05) is 67.3 Å². The molecule has 0 aliphatic heterocycles. The monoisotopic (exact) mass is 549 g/mol. The van der Waals surface area contributed by atoms with Gasteiger partial charge in [0, 0.05) is 12.3 Å². The number of allylic oxidation sites excluding steroid dienone is 1. The minimum atomic E-state index is -4.11. The summed E-state index contributed by atoms with van der Waals surface area (Å²) in [5, 5.41) is 0. The van der Waals surface area contributed by atoms with Crippen LogP contribution in [0, 0.1) is 24.2 Å². The van der Waals surface area contributed by atoms with Crippen LogP contribution in [0.3, 0.4) is 0 Å². The van der Waals surface area contributed by atoms with Crippen LogP contribution in [0.1, 0.15) is 76.8 Å². The molecular weight excluding hydrogens is 510 g/mol. The van der Waals surface area contributed by atoms with E-state index in [4.69, 9.17) is 4.74 Å².